The fourth-order valence-corrected chi connectivity index (χ4v) is 2.19. The number of amides is 1. The molecule has 0 atom stereocenters. The zero-order chi connectivity index (χ0) is 16.9. The molecule has 0 saturated carbocycles. The number of fused-ring (bicyclic) bond motifs is 1. The van der Waals surface area contributed by atoms with Gasteiger partial charge in [0.2, 0.25) is 0 Å². The van der Waals surface area contributed by atoms with Gasteiger partial charge in [-0.1, -0.05) is 18.2 Å². The van der Waals surface area contributed by atoms with Crippen LogP contribution >= 0.6 is 0 Å². The third-order valence-electron chi connectivity index (χ3n) is 3.30. The van der Waals surface area contributed by atoms with Crippen molar-refractivity contribution >= 4 is 28.7 Å². The molecule has 0 aliphatic rings. The molecule has 1 N–H and O–H groups in total. The number of aromatic nitrogens is 1. The molecule has 0 unspecified atom stereocenters. The maximum atomic E-state index is 12.1. The molecule has 122 valence electrons. The summed E-state index contributed by atoms with van der Waals surface area (Å²) in [5.74, 6) is -0.602. The Labute approximate surface area is 137 Å². The van der Waals surface area contributed by atoms with E-state index in [0.29, 0.717) is 22.5 Å². The van der Waals surface area contributed by atoms with Gasteiger partial charge in [-0.25, -0.2) is 9.78 Å². The summed E-state index contributed by atoms with van der Waals surface area (Å²) in [5, 5.41) is 2.63. The van der Waals surface area contributed by atoms with Gasteiger partial charge in [0.25, 0.3) is 5.91 Å². The maximum Gasteiger partial charge on any atom is 0.340 e. The van der Waals surface area contributed by atoms with E-state index in [0.717, 1.165) is 0 Å². The van der Waals surface area contributed by atoms with Crippen molar-refractivity contribution in [1.82, 2.24) is 4.98 Å². The number of rotatable bonds is 5. The summed E-state index contributed by atoms with van der Waals surface area (Å²) in [5.41, 5.74) is 1.61. The van der Waals surface area contributed by atoms with Crippen molar-refractivity contribution in [2.75, 3.05) is 19.0 Å². The normalized spacial score (nSPS) is 10.4. The summed E-state index contributed by atoms with van der Waals surface area (Å²) in [6.45, 7) is -0.425. The Morgan fingerprint density at radius 2 is 2.00 bits per heavy atom. The minimum atomic E-state index is -0.648. The number of oxazole rings is 1. The van der Waals surface area contributed by atoms with Gasteiger partial charge >= 0.3 is 5.97 Å². The summed E-state index contributed by atoms with van der Waals surface area (Å²) in [4.78, 5) is 28.1. The molecule has 0 aliphatic carbocycles. The average Bonchev–Trinajstić information content (AvgIpc) is 3.08. The molecular formula is C17H14N2O5. The molecule has 0 radical (unpaired) electrons. The van der Waals surface area contributed by atoms with Gasteiger partial charge in [0.15, 0.2) is 18.6 Å². The van der Waals surface area contributed by atoms with Crippen LogP contribution < -0.4 is 10.1 Å². The first kappa shape index (κ1) is 15.5. The lowest BCUT2D eigenvalue weighted by molar-refractivity contribution is -0.119. The summed E-state index contributed by atoms with van der Waals surface area (Å²) in [6.07, 6.45) is 1.25. The molecular weight excluding hydrogens is 312 g/mol. The SMILES string of the molecule is COc1ccccc1NC(=O)COC(=O)c1cccc2ocnc12. The third-order valence-corrected chi connectivity index (χ3v) is 3.30. The first-order valence-corrected chi connectivity index (χ1v) is 7.11. The number of benzene rings is 2. The zero-order valence-corrected chi connectivity index (χ0v) is 12.8. The molecule has 24 heavy (non-hydrogen) atoms. The Hall–Kier alpha value is -3.35. The second-order valence-corrected chi connectivity index (χ2v) is 4.83. The van der Waals surface area contributed by atoms with Crippen LogP contribution in [0.1, 0.15) is 10.4 Å². The molecule has 7 nitrogen and oxygen atoms in total. The lowest BCUT2D eigenvalue weighted by atomic mass is 10.2. The Bertz CT molecular complexity index is 887. The maximum absolute atomic E-state index is 12.1. The van der Waals surface area contributed by atoms with Crippen LogP contribution in [-0.4, -0.2) is 30.6 Å². The van der Waals surface area contributed by atoms with Crippen molar-refractivity contribution in [3.05, 3.63) is 54.4 Å². The van der Waals surface area contributed by atoms with Crippen LogP contribution in [0, 0.1) is 0 Å². The van der Waals surface area contributed by atoms with Gasteiger partial charge < -0.3 is 19.2 Å². The fraction of sp³-hybridized carbons (Fsp3) is 0.118. The van der Waals surface area contributed by atoms with Gasteiger partial charge in [-0.2, -0.15) is 0 Å². The van der Waals surface area contributed by atoms with Crippen molar-refractivity contribution in [2.45, 2.75) is 0 Å². The number of methoxy groups -OCH3 is 1. The van der Waals surface area contributed by atoms with Gasteiger partial charge in [-0.15, -0.1) is 0 Å². The van der Waals surface area contributed by atoms with E-state index in [9.17, 15) is 9.59 Å². The van der Waals surface area contributed by atoms with Crippen LogP contribution in [-0.2, 0) is 9.53 Å². The van der Waals surface area contributed by atoms with E-state index in [4.69, 9.17) is 13.9 Å². The fourth-order valence-electron chi connectivity index (χ4n) is 2.19. The molecule has 7 heteroatoms. The van der Waals surface area contributed by atoms with Crippen LogP contribution in [0.3, 0.4) is 0 Å². The number of anilines is 1. The molecule has 1 heterocycles. The summed E-state index contributed by atoms with van der Waals surface area (Å²) in [6, 6.07) is 11.8. The lowest BCUT2D eigenvalue weighted by Gasteiger charge is -2.10. The Balaban J connectivity index is 1.64. The predicted molar refractivity (Wildman–Crippen MR) is 85.9 cm³/mol. The first-order chi connectivity index (χ1) is 11.7. The molecule has 0 saturated heterocycles. The number of carbonyl (C=O) groups is 2. The Kier molecular flexibility index (Phi) is 4.42. The van der Waals surface area contributed by atoms with Gasteiger partial charge in [0.05, 0.1) is 18.4 Å². The Morgan fingerprint density at radius 1 is 1.17 bits per heavy atom. The van der Waals surface area contributed by atoms with Crippen molar-refractivity contribution in [2.24, 2.45) is 0 Å². The van der Waals surface area contributed by atoms with E-state index in [1.165, 1.54) is 13.5 Å². The molecule has 0 fully saturated rings. The van der Waals surface area contributed by atoms with Crippen LogP contribution in [0.4, 0.5) is 5.69 Å². The predicted octanol–water partition coefficient (Wildman–Crippen LogP) is 2.63. The van der Waals surface area contributed by atoms with Crippen molar-refractivity contribution in [1.29, 1.82) is 0 Å². The summed E-state index contributed by atoms with van der Waals surface area (Å²) >= 11 is 0. The van der Waals surface area contributed by atoms with Crippen LogP contribution in [0.5, 0.6) is 5.75 Å². The zero-order valence-electron chi connectivity index (χ0n) is 12.8. The summed E-state index contributed by atoms with van der Waals surface area (Å²) in [7, 11) is 1.50. The highest BCUT2D eigenvalue weighted by Crippen LogP contribution is 2.23. The van der Waals surface area contributed by atoms with Crippen LogP contribution in [0.25, 0.3) is 11.1 Å². The van der Waals surface area contributed by atoms with E-state index in [1.54, 1.807) is 42.5 Å². The average molecular weight is 326 g/mol. The smallest absolute Gasteiger partial charge is 0.340 e. The number of hydrogen-bond acceptors (Lipinski definition) is 6. The second-order valence-electron chi connectivity index (χ2n) is 4.83. The quantitative estimate of drug-likeness (QED) is 0.725. The van der Waals surface area contributed by atoms with Crippen LogP contribution in [0.2, 0.25) is 0 Å². The molecule has 0 bridgehead atoms. The first-order valence-electron chi connectivity index (χ1n) is 7.11. The number of esters is 1. The van der Waals surface area contributed by atoms with Crippen LogP contribution in [0.15, 0.2) is 53.3 Å². The summed E-state index contributed by atoms with van der Waals surface area (Å²) < 4.78 is 15.3. The molecule has 2 aromatic carbocycles. The molecule has 1 aromatic heterocycles. The van der Waals surface area contributed by atoms with E-state index in [-0.39, 0.29) is 5.56 Å². The molecule has 3 aromatic rings. The van der Waals surface area contributed by atoms with Gasteiger partial charge in [-0.3, -0.25) is 4.79 Å². The standard InChI is InChI=1S/C17H14N2O5/c1-22-13-7-3-2-6-12(13)19-15(20)9-23-17(21)11-5-4-8-14-16(11)18-10-24-14/h2-8,10H,9H2,1H3,(H,19,20). The number of nitrogens with one attached hydrogen (secondary N) is 1. The van der Waals surface area contributed by atoms with Crippen molar-refractivity contribution in [3.8, 4) is 5.75 Å². The number of nitrogens with zero attached hydrogens (tertiary/aromatic N) is 1. The molecule has 1 amide bonds. The second kappa shape index (κ2) is 6.82. The van der Waals surface area contributed by atoms with E-state index < -0.39 is 18.5 Å². The van der Waals surface area contributed by atoms with E-state index in [1.807, 2.05) is 0 Å². The highest BCUT2D eigenvalue weighted by Gasteiger charge is 2.16. The van der Waals surface area contributed by atoms with Gasteiger partial charge in [0.1, 0.15) is 11.3 Å². The largest absolute Gasteiger partial charge is 0.495 e. The highest BCUT2D eigenvalue weighted by molar-refractivity contribution is 6.02. The minimum absolute atomic E-state index is 0.242. The number of ether oxygens (including phenoxy) is 2. The van der Waals surface area contributed by atoms with Crippen molar-refractivity contribution < 1.29 is 23.5 Å². The Morgan fingerprint density at radius 3 is 2.83 bits per heavy atom. The number of hydrogen-bond donors (Lipinski definition) is 1. The monoisotopic (exact) mass is 326 g/mol. The third kappa shape index (κ3) is 3.19. The lowest BCUT2D eigenvalue weighted by Crippen LogP contribution is -2.21. The van der Waals surface area contributed by atoms with E-state index >= 15 is 0 Å². The minimum Gasteiger partial charge on any atom is -0.495 e. The van der Waals surface area contributed by atoms with Gasteiger partial charge in [0, 0.05) is 0 Å². The van der Waals surface area contributed by atoms with Crippen molar-refractivity contribution in [3.63, 3.8) is 0 Å². The molecule has 0 aliphatic heterocycles. The van der Waals surface area contributed by atoms with Gasteiger partial charge in [-0.05, 0) is 24.3 Å². The topological polar surface area (TPSA) is 90.7 Å². The highest BCUT2D eigenvalue weighted by atomic mass is 16.5. The number of carbonyl (C=O) groups excluding carboxylic acids is 2. The molecule has 3 rings (SSSR count). The number of para-hydroxylation sites is 3. The van der Waals surface area contributed by atoms with E-state index in [2.05, 4.69) is 10.3 Å². The molecule has 0 spiro atoms.